The number of hydrogen-bond acceptors (Lipinski definition) is 6. The molecule has 1 aliphatic heterocycles. The van der Waals surface area contributed by atoms with Crippen LogP contribution in [0, 0.1) is 6.92 Å². The molecule has 0 aliphatic carbocycles. The van der Waals surface area contributed by atoms with Crippen molar-refractivity contribution in [2.45, 2.75) is 49.5 Å². The molecule has 1 N–H and O–H groups in total. The highest BCUT2D eigenvalue weighted by Gasteiger charge is 2.45. The Labute approximate surface area is 150 Å². The summed E-state index contributed by atoms with van der Waals surface area (Å²) in [7, 11) is -7.08. The van der Waals surface area contributed by atoms with Gasteiger partial charge in [-0.2, -0.15) is 0 Å². The zero-order valence-corrected chi connectivity index (χ0v) is 16.6. The molecule has 25 heavy (non-hydrogen) atoms. The summed E-state index contributed by atoms with van der Waals surface area (Å²) in [5.41, 5.74) is 0.956. The summed E-state index contributed by atoms with van der Waals surface area (Å²) in [4.78, 5) is 0.176. The zero-order valence-electron chi connectivity index (χ0n) is 14.9. The molecule has 2 atom stereocenters. The van der Waals surface area contributed by atoms with Gasteiger partial charge in [-0.25, -0.2) is 16.8 Å². The van der Waals surface area contributed by atoms with Crippen LogP contribution in [0.2, 0.25) is 0 Å². The maximum Gasteiger partial charge on any atom is 0.183 e. The van der Waals surface area contributed by atoms with Crippen molar-refractivity contribution in [2.75, 3.05) is 24.7 Å². The van der Waals surface area contributed by atoms with Gasteiger partial charge in [0, 0.05) is 12.6 Å². The van der Waals surface area contributed by atoms with Crippen LogP contribution in [0.15, 0.2) is 29.2 Å². The lowest BCUT2D eigenvalue weighted by molar-refractivity contribution is 0.0768. The molecule has 0 radical (unpaired) electrons. The van der Waals surface area contributed by atoms with Crippen molar-refractivity contribution in [3.63, 3.8) is 0 Å². The van der Waals surface area contributed by atoms with Crippen LogP contribution in [-0.2, 0) is 24.4 Å². The molecule has 0 amide bonds. The van der Waals surface area contributed by atoms with Gasteiger partial charge in [-0.1, -0.05) is 17.7 Å². The Bertz CT molecular complexity index is 770. The molecule has 1 saturated heterocycles. The van der Waals surface area contributed by atoms with Gasteiger partial charge in [-0.05, 0) is 45.9 Å². The summed E-state index contributed by atoms with van der Waals surface area (Å²) in [6.07, 6.45) is 0.841. The fraction of sp³-hybridized carbons (Fsp3) is 0.647. The summed E-state index contributed by atoms with van der Waals surface area (Å²) >= 11 is 0. The van der Waals surface area contributed by atoms with Crippen molar-refractivity contribution < 1.29 is 21.6 Å². The first kappa shape index (κ1) is 20.4. The number of benzene rings is 1. The van der Waals surface area contributed by atoms with Gasteiger partial charge >= 0.3 is 0 Å². The van der Waals surface area contributed by atoms with Crippen molar-refractivity contribution in [1.82, 2.24) is 5.32 Å². The fourth-order valence-corrected chi connectivity index (χ4v) is 7.61. The predicted octanol–water partition coefficient (Wildman–Crippen LogP) is 1.34. The van der Waals surface area contributed by atoms with Crippen LogP contribution in [0.4, 0.5) is 0 Å². The summed E-state index contributed by atoms with van der Waals surface area (Å²) in [5, 5.41) is 2.16. The zero-order chi connectivity index (χ0) is 18.7. The first-order valence-electron chi connectivity index (χ1n) is 8.48. The summed E-state index contributed by atoms with van der Waals surface area (Å²) < 4.78 is 55.3. The topological polar surface area (TPSA) is 89.5 Å². The van der Waals surface area contributed by atoms with Crippen LogP contribution in [0.25, 0.3) is 0 Å². The molecule has 0 saturated carbocycles. The second kappa shape index (κ2) is 8.16. The minimum absolute atomic E-state index is 0.140. The number of ether oxygens (including phenoxy) is 1. The van der Waals surface area contributed by atoms with E-state index in [1.54, 1.807) is 24.3 Å². The monoisotopic (exact) mass is 389 g/mol. The smallest absolute Gasteiger partial charge is 0.183 e. The molecule has 6 nitrogen and oxygen atoms in total. The van der Waals surface area contributed by atoms with E-state index in [1.807, 2.05) is 20.8 Å². The molecule has 0 bridgehead atoms. The highest BCUT2D eigenvalue weighted by molar-refractivity contribution is 7.96. The predicted molar refractivity (Wildman–Crippen MR) is 98.3 cm³/mol. The first-order valence-corrected chi connectivity index (χ1v) is 11.8. The van der Waals surface area contributed by atoms with Crippen LogP contribution in [-0.4, -0.2) is 58.9 Å². The van der Waals surface area contributed by atoms with Gasteiger partial charge in [0.1, 0.15) is 0 Å². The molecule has 0 spiro atoms. The van der Waals surface area contributed by atoms with Gasteiger partial charge in [0.25, 0.3) is 0 Å². The third-order valence-electron chi connectivity index (χ3n) is 4.23. The van der Waals surface area contributed by atoms with Gasteiger partial charge in [0.2, 0.25) is 0 Å². The molecule has 1 aliphatic rings. The van der Waals surface area contributed by atoms with Crippen LogP contribution < -0.4 is 5.32 Å². The summed E-state index contributed by atoms with van der Waals surface area (Å²) in [6, 6.07) is 5.95. The third kappa shape index (κ3) is 5.51. The Morgan fingerprint density at radius 1 is 1.20 bits per heavy atom. The maximum atomic E-state index is 12.9. The van der Waals surface area contributed by atoms with E-state index in [-0.39, 0.29) is 22.5 Å². The van der Waals surface area contributed by atoms with E-state index in [4.69, 9.17) is 4.74 Å². The molecule has 1 aromatic rings. The third-order valence-corrected chi connectivity index (χ3v) is 8.39. The van der Waals surface area contributed by atoms with Crippen LogP contribution in [0.3, 0.4) is 0 Å². The van der Waals surface area contributed by atoms with Crippen molar-refractivity contribution in [2.24, 2.45) is 0 Å². The largest absolute Gasteiger partial charge is 0.379 e. The molecule has 0 aromatic heterocycles. The van der Waals surface area contributed by atoms with E-state index in [9.17, 15) is 16.8 Å². The van der Waals surface area contributed by atoms with E-state index in [0.29, 0.717) is 19.6 Å². The van der Waals surface area contributed by atoms with Crippen molar-refractivity contribution in [3.05, 3.63) is 29.8 Å². The number of aryl methyl sites for hydroxylation is 1. The molecule has 1 heterocycles. The second-order valence-corrected chi connectivity index (χ2v) is 11.1. The van der Waals surface area contributed by atoms with E-state index in [2.05, 4.69) is 5.32 Å². The molecule has 8 heteroatoms. The minimum atomic E-state index is -3.70. The Hall–Kier alpha value is -0.960. The average molecular weight is 390 g/mol. The normalized spacial score (nSPS) is 23.2. The van der Waals surface area contributed by atoms with Crippen molar-refractivity contribution in [3.8, 4) is 0 Å². The SMILES string of the molecule is Cc1ccc(S(=O)(=O)[C@H]2CS(=O)(=O)C[C@@H]2NCCCOC(C)C)cc1. The first-order chi connectivity index (χ1) is 11.6. The second-order valence-electron chi connectivity index (χ2n) is 6.81. The standard InChI is InChI=1S/C17H27NO5S2/c1-13(2)23-10-4-9-18-16-11-24(19,20)12-17(16)25(21,22)15-7-5-14(3)6-8-15/h5-8,13,16-18H,4,9-12H2,1-3H3/t16-,17-/m0/s1. The lowest BCUT2D eigenvalue weighted by atomic mass is 10.2. The highest BCUT2D eigenvalue weighted by atomic mass is 32.2. The molecule has 1 fully saturated rings. The summed E-state index contributed by atoms with van der Waals surface area (Å²) in [5.74, 6) is -0.475. The molecule has 1 aromatic carbocycles. The Kier molecular flexibility index (Phi) is 6.64. The van der Waals surface area contributed by atoms with Gasteiger partial charge < -0.3 is 10.1 Å². The summed E-state index contributed by atoms with van der Waals surface area (Å²) in [6.45, 7) is 6.84. The number of nitrogens with one attached hydrogen (secondary N) is 1. The Morgan fingerprint density at radius 2 is 1.84 bits per heavy atom. The molecular weight excluding hydrogens is 362 g/mol. The van der Waals surface area contributed by atoms with Crippen LogP contribution >= 0.6 is 0 Å². The number of rotatable bonds is 8. The lowest BCUT2D eigenvalue weighted by Gasteiger charge is -2.20. The molecular formula is C17H27NO5S2. The molecule has 2 rings (SSSR count). The maximum absolute atomic E-state index is 12.9. The fourth-order valence-electron chi connectivity index (χ4n) is 2.89. The van der Waals surface area contributed by atoms with E-state index in [1.165, 1.54) is 0 Å². The molecule has 142 valence electrons. The minimum Gasteiger partial charge on any atom is -0.379 e. The average Bonchev–Trinajstić information content (AvgIpc) is 2.83. The van der Waals surface area contributed by atoms with Gasteiger partial charge in [0.15, 0.2) is 19.7 Å². The highest BCUT2D eigenvalue weighted by Crippen LogP contribution is 2.26. The van der Waals surface area contributed by atoms with Crippen molar-refractivity contribution >= 4 is 19.7 Å². The quantitative estimate of drug-likeness (QED) is 0.675. The van der Waals surface area contributed by atoms with E-state index in [0.717, 1.165) is 5.56 Å². The number of hydrogen-bond donors (Lipinski definition) is 1. The Balaban J connectivity index is 2.09. The molecule has 0 unspecified atom stereocenters. The van der Waals surface area contributed by atoms with E-state index >= 15 is 0 Å². The van der Waals surface area contributed by atoms with Crippen LogP contribution in [0.5, 0.6) is 0 Å². The van der Waals surface area contributed by atoms with E-state index < -0.39 is 31.0 Å². The van der Waals surface area contributed by atoms with Gasteiger partial charge in [0.05, 0.1) is 27.8 Å². The van der Waals surface area contributed by atoms with Gasteiger partial charge in [-0.15, -0.1) is 0 Å². The lowest BCUT2D eigenvalue weighted by Crippen LogP contribution is -2.43. The van der Waals surface area contributed by atoms with Crippen LogP contribution in [0.1, 0.15) is 25.8 Å². The van der Waals surface area contributed by atoms with Gasteiger partial charge in [-0.3, -0.25) is 0 Å². The Morgan fingerprint density at radius 3 is 2.44 bits per heavy atom. The van der Waals surface area contributed by atoms with Crippen molar-refractivity contribution in [1.29, 1.82) is 0 Å². The number of sulfone groups is 2.